The van der Waals surface area contributed by atoms with Crippen molar-refractivity contribution >= 4 is 22.9 Å². The van der Waals surface area contributed by atoms with Gasteiger partial charge < -0.3 is 10.8 Å². The Morgan fingerprint density at radius 1 is 1.58 bits per heavy atom. The summed E-state index contributed by atoms with van der Waals surface area (Å²) in [6, 6.07) is 0. The molecule has 1 atom stereocenters. The Kier molecular flexibility index (Phi) is 3.12. The summed E-state index contributed by atoms with van der Waals surface area (Å²) in [4.78, 5) is 1.93. The summed E-state index contributed by atoms with van der Waals surface area (Å²) in [7, 11) is 0. The van der Waals surface area contributed by atoms with E-state index in [4.69, 9.17) is 17.3 Å². The summed E-state index contributed by atoms with van der Waals surface area (Å²) >= 11 is 7.47. The van der Waals surface area contributed by atoms with Gasteiger partial charge in [-0.1, -0.05) is 11.6 Å². The second-order valence-electron chi connectivity index (χ2n) is 2.71. The summed E-state index contributed by atoms with van der Waals surface area (Å²) in [5.74, 6) is 0. The second kappa shape index (κ2) is 3.75. The van der Waals surface area contributed by atoms with E-state index in [1.807, 2.05) is 13.8 Å². The Hall–Kier alpha value is -0.0900. The molecule has 12 heavy (non-hydrogen) atoms. The van der Waals surface area contributed by atoms with Gasteiger partial charge in [0.25, 0.3) is 0 Å². The van der Waals surface area contributed by atoms with Crippen LogP contribution in [-0.2, 0) is 0 Å². The molecule has 0 aromatic carbocycles. The van der Waals surface area contributed by atoms with Crippen molar-refractivity contribution < 1.29 is 5.11 Å². The zero-order valence-corrected chi connectivity index (χ0v) is 8.67. The van der Waals surface area contributed by atoms with E-state index in [1.54, 1.807) is 0 Å². The minimum atomic E-state index is -0.568. The van der Waals surface area contributed by atoms with E-state index >= 15 is 0 Å². The lowest BCUT2D eigenvalue weighted by Gasteiger charge is -2.05. The van der Waals surface area contributed by atoms with Crippen LogP contribution in [0.15, 0.2) is 0 Å². The van der Waals surface area contributed by atoms with Crippen molar-refractivity contribution in [1.82, 2.24) is 0 Å². The lowest BCUT2D eigenvalue weighted by Crippen LogP contribution is -2.10. The van der Waals surface area contributed by atoms with Gasteiger partial charge in [-0.3, -0.25) is 0 Å². The van der Waals surface area contributed by atoms with Crippen LogP contribution < -0.4 is 5.73 Å². The van der Waals surface area contributed by atoms with E-state index in [1.165, 1.54) is 11.3 Å². The third kappa shape index (κ3) is 1.64. The molecule has 4 heteroatoms. The fraction of sp³-hybridized carbons (Fsp3) is 0.500. The number of thiophene rings is 1. The SMILES string of the molecule is Cc1sc(C(O)CN)c(C)c1Cl. The number of hydrogen-bond acceptors (Lipinski definition) is 3. The Labute approximate surface area is 81.0 Å². The maximum absolute atomic E-state index is 9.47. The molecule has 0 amide bonds. The molecule has 1 heterocycles. The van der Waals surface area contributed by atoms with Gasteiger partial charge in [0, 0.05) is 16.3 Å². The van der Waals surface area contributed by atoms with Crippen LogP contribution in [0.1, 0.15) is 21.4 Å². The molecule has 0 saturated heterocycles. The molecule has 0 bridgehead atoms. The van der Waals surface area contributed by atoms with Crippen LogP contribution in [0.2, 0.25) is 5.02 Å². The molecule has 1 aromatic rings. The smallest absolute Gasteiger partial charge is 0.101 e. The summed E-state index contributed by atoms with van der Waals surface area (Å²) in [6.45, 7) is 4.09. The quantitative estimate of drug-likeness (QED) is 0.776. The van der Waals surface area contributed by atoms with Crippen molar-refractivity contribution in [2.75, 3.05) is 6.54 Å². The highest BCUT2D eigenvalue weighted by molar-refractivity contribution is 7.12. The van der Waals surface area contributed by atoms with Gasteiger partial charge in [0.2, 0.25) is 0 Å². The van der Waals surface area contributed by atoms with Crippen LogP contribution in [-0.4, -0.2) is 11.7 Å². The van der Waals surface area contributed by atoms with Gasteiger partial charge >= 0.3 is 0 Å². The van der Waals surface area contributed by atoms with E-state index in [0.29, 0.717) is 0 Å². The molecule has 1 aromatic heterocycles. The van der Waals surface area contributed by atoms with Crippen molar-refractivity contribution in [3.63, 3.8) is 0 Å². The van der Waals surface area contributed by atoms with Crippen LogP contribution in [0.25, 0.3) is 0 Å². The maximum Gasteiger partial charge on any atom is 0.101 e. The number of nitrogens with two attached hydrogens (primary N) is 1. The van der Waals surface area contributed by atoms with Gasteiger partial charge in [-0.05, 0) is 19.4 Å². The molecule has 0 aliphatic heterocycles. The van der Waals surface area contributed by atoms with E-state index in [2.05, 4.69) is 0 Å². The molecule has 0 aliphatic carbocycles. The molecule has 1 unspecified atom stereocenters. The minimum absolute atomic E-state index is 0.247. The van der Waals surface area contributed by atoms with Crippen molar-refractivity contribution in [3.8, 4) is 0 Å². The third-order valence-corrected chi connectivity index (χ3v) is 3.78. The largest absolute Gasteiger partial charge is 0.386 e. The first kappa shape index (κ1) is 9.99. The minimum Gasteiger partial charge on any atom is -0.386 e. The van der Waals surface area contributed by atoms with Crippen molar-refractivity contribution in [2.24, 2.45) is 5.73 Å². The van der Waals surface area contributed by atoms with Gasteiger partial charge in [-0.25, -0.2) is 0 Å². The maximum atomic E-state index is 9.47. The van der Waals surface area contributed by atoms with Gasteiger partial charge in [-0.2, -0.15) is 0 Å². The predicted molar refractivity (Wildman–Crippen MR) is 52.8 cm³/mol. The van der Waals surface area contributed by atoms with Gasteiger partial charge in [0.15, 0.2) is 0 Å². The molecule has 0 fully saturated rings. The zero-order valence-electron chi connectivity index (χ0n) is 7.10. The molecule has 2 nitrogen and oxygen atoms in total. The lowest BCUT2D eigenvalue weighted by molar-refractivity contribution is 0.190. The molecular weight excluding hydrogens is 194 g/mol. The standard InChI is InChI=1S/C8H12ClNOS/c1-4-7(9)5(2)12-8(4)6(11)3-10/h6,11H,3,10H2,1-2H3. The van der Waals surface area contributed by atoms with Gasteiger partial charge in [-0.15, -0.1) is 11.3 Å². The first-order valence-corrected chi connectivity index (χ1v) is 4.91. The molecule has 1 rings (SSSR count). The van der Waals surface area contributed by atoms with Crippen LogP contribution in [0.4, 0.5) is 0 Å². The number of rotatable bonds is 2. The number of aliphatic hydroxyl groups excluding tert-OH is 1. The first-order chi connectivity index (χ1) is 5.57. The molecule has 3 N–H and O–H groups in total. The highest BCUT2D eigenvalue weighted by atomic mass is 35.5. The number of aliphatic hydroxyl groups is 1. The number of hydrogen-bond donors (Lipinski definition) is 2. The Bertz CT molecular complexity index is 285. The highest BCUT2D eigenvalue weighted by Crippen LogP contribution is 2.34. The summed E-state index contributed by atoms with van der Waals surface area (Å²) in [5.41, 5.74) is 6.30. The fourth-order valence-electron chi connectivity index (χ4n) is 1.08. The number of aryl methyl sites for hydroxylation is 1. The van der Waals surface area contributed by atoms with E-state index < -0.39 is 6.10 Å². The topological polar surface area (TPSA) is 46.2 Å². The second-order valence-corrected chi connectivity index (χ2v) is 4.35. The van der Waals surface area contributed by atoms with Crippen LogP contribution in [0, 0.1) is 13.8 Å². The highest BCUT2D eigenvalue weighted by Gasteiger charge is 2.15. The summed E-state index contributed by atoms with van der Waals surface area (Å²) in [6.07, 6.45) is -0.568. The third-order valence-electron chi connectivity index (χ3n) is 1.80. The molecule has 0 radical (unpaired) electrons. The Morgan fingerprint density at radius 3 is 2.50 bits per heavy atom. The predicted octanol–water partition coefficient (Wildman–Crippen LogP) is 2.01. The molecule has 0 saturated carbocycles. The fourth-order valence-corrected chi connectivity index (χ4v) is 2.42. The Morgan fingerprint density at radius 2 is 2.17 bits per heavy atom. The zero-order chi connectivity index (χ0) is 9.30. The Balaban J connectivity index is 3.08. The van der Waals surface area contributed by atoms with Gasteiger partial charge in [0.05, 0.1) is 5.02 Å². The van der Waals surface area contributed by atoms with Crippen LogP contribution in [0.5, 0.6) is 0 Å². The first-order valence-electron chi connectivity index (χ1n) is 3.71. The van der Waals surface area contributed by atoms with Crippen LogP contribution in [0.3, 0.4) is 0 Å². The molecule has 68 valence electrons. The average molecular weight is 206 g/mol. The van der Waals surface area contributed by atoms with Crippen molar-refractivity contribution in [1.29, 1.82) is 0 Å². The lowest BCUT2D eigenvalue weighted by atomic mass is 10.2. The average Bonchev–Trinajstić information content (AvgIpc) is 2.32. The summed E-state index contributed by atoms with van der Waals surface area (Å²) in [5, 5.41) is 10.2. The van der Waals surface area contributed by atoms with E-state index in [0.717, 1.165) is 20.3 Å². The molecule has 0 aliphatic rings. The van der Waals surface area contributed by atoms with Gasteiger partial charge in [0.1, 0.15) is 6.10 Å². The monoisotopic (exact) mass is 205 g/mol. The van der Waals surface area contributed by atoms with E-state index in [-0.39, 0.29) is 6.54 Å². The summed E-state index contributed by atoms with van der Waals surface area (Å²) < 4.78 is 0. The van der Waals surface area contributed by atoms with Crippen molar-refractivity contribution in [3.05, 3.63) is 20.3 Å². The van der Waals surface area contributed by atoms with Crippen LogP contribution >= 0.6 is 22.9 Å². The van der Waals surface area contributed by atoms with Crippen molar-refractivity contribution in [2.45, 2.75) is 20.0 Å². The molecule has 0 spiro atoms. The van der Waals surface area contributed by atoms with E-state index in [9.17, 15) is 5.11 Å². The number of halogens is 1. The molecular formula is C8H12ClNOS. The normalized spacial score (nSPS) is 13.4.